The largest absolute Gasteiger partial charge is 0.352 e. The molecule has 1 rings (SSSR count). The zero-order chi connectivity index (χ0) is 19.5. The van der Waals surface area contributed by atoms with Crippen LogP contribution in [0.15, 0.2) is 70.6 Å². The molecule has 0 N–H and O–H groups in total. The molecular weight excluding hydrogens is 314 g/mol. The number of hydrogen-bond donors (Lipinski definition) is 0. The number of nitrogens with zero attached hydrogens (tertiary/aromatic N) is 1. The molecule has 0 aromatic rings. The molecule has 26 heavy (non-hydrogen) atoms. The van der Waals surface area contributed by atoms with Crippen LogP contribution < -0.4 is 0 Å². The molecule has 0 atom stereocenters. The van der Waals surface area contributed by atoms with Gasteiger partial charge in [0.25, 0.3) is 0 Å². The van der Waals surface area contributed by atoms with Gasteiger partial charge >= 0.3 is 0 Å². The van der Waals surface area contributed by atoms with Crippen LogP contribution in [0.4, 0.5) is 0 Å². The molecule has 0 heterocycles. The molecule has 1 heteroatoms. The van der Waals surface area contributed by atoms with E-state index in [2.05, 4.69) is 83.5 Å². The summed E-state index contributed by atoms with van der Waals surface area (Å²) in [5.74, 6) is 0. The zero-order valence-corrected chi connectivity index (χ0v) is 18.0. The Labute approximate surface area is 162 Å². The van der Waals surface area contributed by atoms with Crippen LogP contribution in [0.25, 0.3) is 0 Å². The summed E-state index contributed by atoms with van der Waals surface area (Å²) in [5.41, 5.74) is 8.27. The monoisotopic (exact) mass is 353 g/mol. The molecule has 0 aromatic carbocycles. The third kappa shape index (κ3) is 8.56. The Kier molecular flexibility index (Phi) is 10.1. The van der Waals surface area contributed by atoms with Crippen LogP contribution >= 0.6 is 0 Å². The zero-order valence-electron chi connectivity index (χ0n) is 18.0. The summed E-state index contributed by atoms with van der Waals surface area (Å²) in [6.45, 7) is 15.2. The van der Waals surface area contributed by atoms with Gasteiger partial charge in [-0.25, -0.2) is 0 Å². The summed E-state index contributed by atoms with van der Waals surface area (Å²) in [5, 5.41) is 0. The van der Waals surface area contributed by atoms with Gasteiger partial charge in [0, 0.05) is 24.9 Å². The van der Waals surface area contributed by atoms with Crippen LogP contribution in [0.3, 0.4) is 0 Å². The highest BCUT2D eigenvalue weighted by Gasteiger charge is 2.09. The molecule has 0 unspecified atom stereocenters. The summed E-state index contributed by atoms with van der Waals surface area (Å²) in [6.07, 6.45) is 19.6. The van der Waals surface area contributed by atoms with Crippen molar-refractivity contribution in [1.29, 1.82) is 0 Å². The summed E-state index contributed by atoms with van der Waals surface area (Å²) in [7, 11) is 2.13. The molecule has 0 saturated heterocycles. The van der Waals surface area contributed by atoms with E-state index < -0.39 is 0 Å². The number of rotatable bonds is 10. The van der Waals surface area contributed by atoms with Crippen molar-refractivity contribution in [1.82, 2.24) is 4.90 Å². The van der Waals surface area contributed by atoms with E-state index in [-0.39, 0.29) is 0 Å². The van der Waals surface area contributed by atoms with Gasteiger partial charge in [-0.3, -0.25) is 0 Å². The Morgan fingerprint density at radius 3 is 2.38 bits per heavy atom. The number of allylic oxidation sites excluding steroid dienone is 10. The van der Waals surface area contributed by atoms with Crippen molar-refractivity contribution >= 4 is 0 Å². The second kappa shape index (κ2) is 11.8. The van der Waals surface area contributed by atoms with E-state index in [4.69, 9.17) is 0 Å². The van der Waals surface area contributed by atoms with E-state index in [1.54, 1.807) is 0 Å². The summed E-state index contributed by atoms with van der Waals surface area (Å²) in [6, 6.07) is 0. The van der Waals surface area contributed by atoms with Crippen LogP contribution in [-0.2, 0) is 0 Å². The predicted octanol–water partition coefficient (Wildman–Crippen LogP) is 7.87. The average Bonchev–Trinajstić information content (AvgIpc) is 2.62. The Hall–Kier alpha value is -1.76. The topological polar surface area (TPSA) is 3.24 Å². The average molecular weight is 354 g/mol. The quantitative estimate of drug-likeness (QED) is 0.219. The molecular formula is C25H39N. The van der Waals surface area contributed by atoms with Crippen LogP contribution in [0.5, 0.6) is 0 Å². The first kappa shape index (κ1) is 22.3. The minimum absolute atomic E-state index is 0.972. The van der Waals surface area contributed by atoms with Crippen molar-refractivity contribution in [3.05, 3.63) is 70.6 Å². The van der Waals surface area contributed by atoms with E-state index in [9.17, 15) is 0 Å². The molecule has 0 spiro atoms. The van der Waals surface area contributed by atoms with Crippen LogP contribution in [0.2, 0.25) is 0 Å². The van der Waals surface area contributed by atoms with Crippen molar-refractivity contribution in [2.24, 2.45) is 0 Å². The SMILES string of the molecule is C=C(CC1=CC(C)=CCC1)N(C)/C(C)=C/C=C(\C)CCCC/C(C)=C/C. The van der Waals surface area contributed by atoms with Gasteiger partial charge in [-0.15, -0.1) is 0 Å². The minimum Gasteiger partial charge on any atom is -0.352 e. The van der Waals surface area contributed by atoms with Crippen LogP contribution in [0.1, 0.15) is 79.6 Å². The fourth-order valence-corrected chi connectivity index (χ4v) is 3.12. The summed E-state index contributed by atoms with van der Waals surface area (Å²) >= 11 is 0. The van der Waals surface area contributed by atoms with Crippen LogP contribution in [0, 0.1) is 0 Å². The van der Waals surface area contributed by atoms with Crippen molar-refractivity contribution < 1.29 is 0 Å². The molecule has 1 aliphatic carbocycles. The Morgan fingerprint density at radius 1 is 1.12 bits per heavy atom. The molecule has 0 aromatic heterocycles. The molecule has 144 valence electrons. The van der Waals surface area contributed by atoms with Crippen molar-refractivity contribution in [3.63, 3.8) is 0 Å². The van der Waals surface area contributed by atoms with Gasteiger partial charge < -0.3 is 4.90 Å². The molecule has 0 saturated carbocycles. The van der Waals surface area contributed by atoms with Crippen molar-refractivity contribution in [2.75, 3.05) is 7.05 Å². The van der Waals surface area contributed by atoms with E-state index in [0.717, 1.165) is 6.42 Å². The lowest BCUT2D eigenvalue weighted by atomic mass is 9.96. The fraction of sp³-hybridized carbons (Fsp3) is 0.520. The van der Waals surface area contributed by atoms with E-state index in [1.807, 2.05) is 0 Å². The Morgan fingerprint density at radius 2 is 1.77 bits per heavy atom. The lowest BCUT2D eigenvalue weighted by Crippen LogP contribution is -2.15. The lowest BCUT2D eigenvalue weighted by molar-refractivity contribution is 0.506. The maximum Gasteiger partial charge on any atom is 0.0142 e. The van der Waals surface area contributed by atoms with Gasteiger partial charge in [0.15, 0.2) is 0 Å². The standard InChI is InChI=1S/C25H39N/c1-8-20(2)12-9-10-13-21(3)16-17-23(5)26(7)24(6)19-25-15-11-14-22(4)18-25/h8,14,16-18H,6,9-13,15,19H2,1-5,7H3/b20-8+,21-16+,23-17+. The fourth-order valence-electron chi connectivity index (χ4n) is 3.12. The minimum atomic E-state index is 0.972. The van der Waals surface area contributed by atoms with E-state index in [0.29, 0.717) is 0 Å². The maximum atomic E-state index is 4.31. The van der Waals surface area contributed by atoms with Gasteiger partial charge in [-0.05, 0) is 79.2 Å². The Balaban J connectivity index is 2.48. The molecule has 0 radical (unpaired) electrons. The van der Waals surface area contributed by atoms with Gasteiger partial charge in [0.05, 0.1) is 0 Å². The van der Waals surface area contributed by atoms with Crippen molar-refractivity contribution in [2.45, 2.75) is 79.6 Å². The first-order valence-corrected chi connectivity index (χ1v) is 10.1. The molecule has 0 bridgehead atoms. The predicted molar refractivity (Wildman–Crippen MR) is 118 cm³/mol. The molecule has 0 aliphatic heterocycles. The first-order chi connectivity index (χ1) is 12.3. The summed E-state index contributed by atoms with van der Waals surface area (Å²) in [4.78, 5) is 2.23. The lowest BCUT2D eigenvalue weighted by Gasteiger charge is -2.24. The third-order valence-corrected chi connectivity index (χ3v) is 5.29. The normalized spacial score (nSPS) is 16.3. The summed E-state index contributed by atoms with van der Waals surface area (Å²) < 4.78 is 0. The number of hydrogen-bond acceptors (Lipinski definition) is 1. The molecule has 0 fully saturated rings. The molecule has 1 nitrogen and oxygen atoms in total. The van der Waals surface area contributed by atoms with Gasteiger partial charge in [-0.1, -0.05) is 53.2 Å². The van der Waals surface area contributed by atoms with Gasteiger partial charge in [-0.2, -0.15) is 0 Å². The number of unbranched alkanes of at least 4 members (excludes halogenated alkanes) is 1. The third-order valence-electron chi connectivity index (χ3n) is 5.29. The highest BCUT2D eigenvalue weighted by Crippen LogP contribution is 2.25. The second-order valence-corrected chi connectivity index (χ2v) is 7.75. The van der Waals surface area contributed by atoms with Gasteiger partial charge in [0.2, 0.25) is 0 Å². The van der Waals surface area contributed by atoms with E-state index >= 15 is 0 Å². The maximum absolute atomic E-state index is 4.31. The van der Waals surface area contributed by atoms with Crippen molar-refractivity contribution in [3.8, 4) is 0 Å². The van der Waals surface area contributed by atoms with Crippen LogP contribution in [-0.4, -0.2) is 11.9 Å². The second-order valence-electron chi connectivity index (χ2n) is 7.75. The molecule has 1 aliphatic rings. The van der Waals surface area contributed by atoms with Gasteiger partial charge in [0.1, 0.15) is 0 Å². The van der Waals surface area contributed by atoms with E-state index in [1.165, 1.54) is 72.2 Å². The highest BCUT2D eigenvalue weighted by molar-refractivity contribution is 5.29. The molecule has 0 amide bonds. The first-order valence-electron chi connectivity index (χ1n) is 10.1. The highest BCUT2D eigenvalue weighted by atomic mass is 15.1. The smallest absolute Gasteiger partial charge is 0.0142 e. The Bertz CT molecular complexity index is 623.